The molecule has 5 heteroatoms. The van der Waals surface area contributed by atoms with Crippen molar-refractivity contribution in [1.82, 2.24) is 10.6 Å². The number of hydrogen-bond donors (Lipinski definition) is 3. The smallest absolute Gasteiger partial charge is 0.191 e. The van der Waals surface area contributed by atoms with E-state index in [0.717, 1.165) is 18.4 Å². The number of aliphatic hydroxyl groups is 1. The summed E-state index contributed by atoms with van der Waals surface area (Å²) in [6.45, 7) is 1.21. The van der Waals surface area contributed by atoms with E-state index in [4.69, 9.17) is 4.42 Å². The molecule has 1 aromatic heterocycles. The second-order valence-corrected chi connectivity index (χ2v) is 5.40. The summed E-state index contributed by atoms with van der Waals surface area (Å²) in [4.78, 5) is 4.16. The average molecular weight is 279 g/mol. The Morgan fingerprint density at radius 2 is 2.20 bits per heavy atom. The highest BCUT2D eigenvalue weighted by molar-refractivity contribution is 5.79. The molecule has 0 aliphatic heterocycles. The molecule has 0 saturated heterocycles. The first kappa shape index (κ1) is 14.9. The SMILES string of the molecule is CN=C(NCc1ccoc1)NCC(O)C1CCCCC1. The highest BCUT2D eigenvalue weighted by Crippen LogP contribution is 2.26. The fourth-order valence-electron chi connectivity index (χ4n) is 2.69. The highest BCUT2D eigenvalue weighted by atomic mass is 16.3. The Morgan fingerprint density at radius 1 is 1.40 bits per heavy atom. The molecule has 1 aliphatic rings. The van der Waals surface area contributed by atoms with Gasteiger partial charge in [-0.15, -0.1) is 0 Å². The zero-order chi connectivity index (χ0) is 14.2. The lowest BCUT2D eigenvalue weighted by atomic mass is 9.85. The first-order valence-corrected chi connectivity index (χ1v) is 7.43. The lowest BCUT2D eigenvalue weighted by Gasteiger charge is -2.27. The van der Waals surface area contributed by atoms with E-state index in [1.165, 1.54) is 19.3 Å². The minimum atomic E-state index is -0.289. The van der Waals surface area contributed by atoms with Gasteiger partial charge in [0, 0.05) is 25.7 Å². The van der Waals surface area contributed by atoms with Crippen molar-refractivity contribution >= 4 is 5.96 Å². The topological polar surface area (TPSA) is 69.8 Å². The van der Waals surface area contributed by atoms with Crippen molar-refractivity contribution < 1.29 is 9.52 Å². The lowest BCUT2D eigenvalue weighted by Crippen LogP contribution is -2.43. The van der Waals surface area contributed by atoms with E-state index >= 15 is 0 Å². The molecule has 1 fully saturated rings. The maximum Gasteiger partial charge on any atom is 0.191 e. The highest BCUT2D eigenvalue weighted by Gasteiger charge is 2.21. The van der Waals surface area contributed by atoms with Crippen LogP contribution >= 0.6 is 0 Å². The summed E-state index contributed by atoms with van der Waals surface area (Å²) in [5, 5.41) is 16.6. The molecule has 1 unspecified atom stereocenters. The molecule has 1 saturated carbocycles. The molecule has 1 atom stereocenters. The Labute approximate surface area is 120 Å². The number of aliphatic imine (C=N–C) groups is 1. The van der Waals surface area contributed by atoms with E-state index in [2.05, 4.69) is 15.6 Å². The third-order valence-corrected chi connectivity index (χ3v) is 3.94. The summed E-state index contributed by atoms with van der Waals surface area (Å²) in [6.07, 6.45) is 9.16. The molecule has 3 N–H and O–H groups in total. The molecular formula is C15H25N3O2. The summed E-state index contributed by atoms with van der Waals surface area (Å²) in [6, 6.07) is 1.91. The van der Waals surface area contributed by atoms with Crippen LogP contribution in [0.15, 0.2) is 28.0 Å². The fraction of sp³-hybridized carbons (Fsp3) is 0.667. The van der Waals surface area contributed by atoms with Gasteiger partial charge in [-0.1, -0.05) is 19.3 Å². The average Bonchev–Trinajstić information content (AvgIpc) is 3.01. The third kappa shape index (κ3) is 4.56. The maximum absolute atomic E-state index is 10.2. The minimum Gasteiger partial charge on any atom is -0.472 e. The molecule has 1 heterocycles. The number of nitrogens with zero attached hydrogens (tertiary/aromatic N) is 1. The van der Waals surface area contributed by atoms with Crippen molar-refractivity contribution in [3.8, 4) is 0 Å². The zero-order valence-corrected chi connectivity index (χ0v) is 12.1. The molecule has 0 spiro atoms. The van der Waals surface area contributed by atoms with E-state index in [-0.39, 0.29) is 6.10 Å². The van der Waals surface area contributed by atoms with Gasteiger partial charge in [-0.25, -0.2) is 0 Å². The van der Waals surface area contributed by atoms with Crippen molar-refractivity contribution in [2.75, 3.05) is 13.6 Å². The summed E-state index contributed by atoms with van der Waals surface area (Å²) in [5.74, 6) is 1.14. The van der Waals surface area contributed by atoms with Crippen LogP contribution in [0.3, 0.4) is 0 Å². The largest absolute Gasteiger partial charge is 0.472 e. The predicted molar refractivity (Wildman–Crippen MR) is 79.5 cm³/mol. The molecule has 1 aliphatic carbocycles. The van der Waals surface area contributed by atoms with Gasteiger partial charge in [-0.2, -0.15) is 0 Å². The van der Waals surface area contributed by atoms with Gasteiger partial charge in [-0.3, -0.25) is 4.99 Å². The molecule has 5 nitrogen and oxygen atoms in total. The van der Waals surface area contributed by atoms with Crippen LogP contribution in [0.25, 0.3) is 0 Å². The maximum atomic E-state index is 10.2. The zero-order valence-electron chi connectivity index (χ0n) is 12.1. The predicted octanol–water partition coefficient (Wildman–Crippen LogP) is 1.89. The monoisotopic (exact) mass is 279 g/mol. The van der Waals surface area contributed by atoms with Gasteiger partial charge in [0.05, 0.1) is 18.6 Å². The molecule has 112 valence electrons. The molecule has 20 heavy (non-hydrogen) atoms. The van der Waals surface area contributed by atoms with Crippen molar-refractivity contribution in [1.29, 1.82) is 0 Å². The van der Waals surface area contributed by atoms with Gasteiger partial charge in [0.15, 0.2) is 5.96 Å². The quantitative estimate of drug-likeness (QED) is 0.568. The molecule has 1 aromatic rings. The van der Waals surface area contributed by atoms with Crippen LogP contribution in [0, 0.1) is 5.92 Å². The van der Waals surface area contributed by atoms with Crippen LogP contribution in [0.5, 0.6) is 0 Å². The summed E-state index contributed by atoms with van der Waals surface area (Å²) >= 11 is 0. The lowest BCUT2D eigenvalue weighted by molar-refractivity contribution is 0.0880. The van der Waals surface area contributed by atoms with E-state index < -0.39 is 0 Å². The Kier molecular flexibility index (Phi) is 5.92. The summed E-state index contributed by atoms with van der Waals surface area (Å²) < 4.78 is 5.02. The van der Waals surface area contributed by atoms with Crippen LogP contribution in [0.4, 0.5) is 0 Å². The number of rotatable bonds is 5. The molecule has 0 aromatic carbocycles. The minimum absolute atomic E-state index is 0.289. The Bertz CT molecular complexity index is 397. The van der Waals surface area contributed by atoms with Gasteiger partial charge in [0.1, 0.15) is 0 Å². The molecule has 0 bridgehead atoms. The Balaban J connectivity index is 1.70. The van der Waals surface area contributed by atoms with Gasteiger partial charge in [0.25, 0.3) is 0 Å². The fourth-order valence-corrected chi connectivity index (χ4v) is 2.69. The van der Waals surface area contributed by atoms with Crippen LogP contribution in [-0.2, 0) is 6.54 Å². The second kappa shape index (κ2) is 7.94. The van der Waals surface area contributed by atoms with Crippen molar-refractivity contribution in [3.63, 3.8) is 0 Å². The van der Waals surface area contributed by atoms with Crippen LogP contribution < -0.4 is 10.6 Å². The van der Waals surface area contributed by atoms with E-state index in [1.807, 2.05) is 6.07 Å². The Morgan fingerprint density at radius 3 is 2.85 bits per heavy atom. The number of aliphatic hydroxyl groups excluding tert-OH is 1. The third-order valence-electron chi connectivity index (χ3n) is 3.94. The number of nitrogens with one attached hydrogen (secondary N) is 2. The normalized spacial score (nSPS) is 18.8. The Hall–Kier alpha value is -1.49. The van der Waals surface area contributed by atoms with Gasteiger partial charge in [-0.05, 0) is 24.8 Å². The van der Waals surface area contributed by atoms with Crippen molar-refractivity contribution in [2.24, 2.45) is 10.9 Å². The van der Waals surface area contributed by atoms with E-state index in [9.17, 15) is 5.11 Å². The molecule has 0 radical (unpaired) electrons. The van der Waals surface area contributed by atoms with Gasteiger partial charge < -0.3 is 20.2 Å². The van der Waals surface area contributed by atoms with Crippen LogP contribution in [0.2, 0.25) is 0 Å². The summed E-state index contributed by atoms with van der Waals surface area (Å²) in [5.41, 5.74) is 1.07. The number of hydrogen-bond acceptors (Lipinski definition) is 3. The van der Waals surface area contributed by atoms with Gasteiger partial charge >= 0.3 is 0 Å². The number of furan rings is 1. The summed E-state index contributed by atoms with van der Waals surface area (Å²) in [7, 11) is 1.73. The first-order valence-electron chi connectivity index (χ1n) is 7.43. The standard InChI is InChI=1S/C15H25N3O2/c1-16-15(17-9-12-7-8-20-11-12)18-10-14(19)13-5-3-2-4-6-13/h7-8,11,13-14,19H,2-6,9-10H2,1H3,(H2,16,17,18). The van der Waals surface area contributed by atoms with Gasteiger partial charge in [0.2, 0.25) is 0 Å². The molecule has 2 rings (SSSR count). The first-order chi connectivity index (χ1) is 9.79. The molecule has 0 amide bonds. The van der Waals surface area contributed by atoms with Crippen molar-refractivity contribution in [3.05, 3.63) is 24.2 Å². The van der Waals surface area contributed by atoms with Crippen LogP contribution in [-0.4, -0.2) is 30.8 Å². The van der Waals surface area contributed by atoms with Crippen molar-refractivity contribution in [2.45, 2.75) is 44.8 Å². The molecular weight excluding hydrogens is 254 g/mol. The number of guanidine groups is 1. The van der Waals surface area contributed by atoms with E-state index in [0.29, 0.717) is 25.0 Å². The van der Waals surface area contributed by atoms with E-state index in [1.54, 1.807) is 19.6 Å². The van der Waals surface area contributed by atoms with Crippen LogP contribution in [0.1, 0.15) is 37.7 Å². The second-order valence-electron chi connectivity index (χ2n) is 5.40.